The molecule has 2 aromatic carbocycles. The van der Waals surface area contributed by atoms with Crippen molar-refractivity contribution in [1.29, 1.82) is 0 Å². The number of aromatic amines is 1. The number of para-hydroxylation sites is 2. The zero-order valence-corrected chi connectivity index (χ0v) is 17.3. The Hall–Kier alpha value is -3.10. The first-order valence-electron chi connectivity index (χ1n) is 9.50. The minimum absolute atomic E-state index is 0.395. The molecule has 0 unspecified atom stereocenters. The quantitative estimate of drug-likeness (QED) is 0.347. The summed E-state index contributed by atoms with van der Waals surface area (Å²) in [6.07, 6.45) is 1.80. The van der Waals surface area contributed by atoms with Crippen molar-refractivity contribution in [3.63, 3.8) is 0 Å². The van der Waals surface area contributed by atoms with E-state index in [4.69, 9.17) is 9.05 Å². The van der Waals surface area contributed by atoms with Crippen LogP contribution < -0.4 is 9.05 Å². The number of H-pyrrole nitrogens is 1. The van der Waals surface area contributed by atoms with Crippen molar-refractivity contribution in [2.75, 3.05) is 0 Å². The molecule has 0 aliphatic carbocycles. The van der Waals surface area contributed by atoms with Gasteiger partial charge in [0.05, 0.1) is 16.5 Å². The molecule has 0 saturated carbocycles. The lowest BCUT2D eigenvalue weighted by Crippen LogP contribution is -2.21. The first-order chi connectivity index (χ1) is 14.1. The van der Waals surface area contributed by atoms with Crippen molar-refractivity contribution in [3.05, 3.63) is 103 Å². The molecule has 2 heterocycles. The van der Waals surface area contributed by atoms with Crippen molar-refractivity contribution >= 4 is 8.38 Å². The lowest BCUT2D eigenvalue weighted by atomic mass is 10.1. The van der Waals surface area contributed by atoms with E-state index in [2.05, 4.69) is 35.9 Å². The third-order valence-electron chi connectivity index (χ3n) is 4.61. The van der Waals surface area contributed by atoms with Crippen LogP contribution in [0.5, 0.6) is 11.5 Å². The van der Waals surface area contributed by atoms with E-state index in [1.54, 1.807) is 6.20 Å². The Bertz CT molecular complexity index is 993. The average Bonchev–Trinajstić information content (AvgIpc) is 3.27. The second-order valence-electron chi connectivity index (χ2n) is 7.13. The lowest BCUT2D eigenvalue weighted by molar-refractivity contribution is 0.448. The molecule has 2 aromatic heterocycles. The highest BCUT2D eigenvalue weighted by Crippen LogP contribution is 2.56. The van der Waals surface area contributed by atoms with Gasteiger partial charge in [0.25, 0.3) is 0 Å². The predicted octanol–water partition coefficient (Wildman–Crippen LogP) is 6.78. The summed E-state index contributed by atoms with van der Waals surface area (Å²) in [5.74, 6) is 1.58. The molecule has 0 atom stereocenters. The first kappa shape index (κ1) is 19.2. The fourth-order valence-electron chi connectivity index (χ4n) is 2.92. The zero-order valence-electron chi connectivity index (χ0n) is 16.4. The molecule has 0 fully saturated rings. The normalized spacial score (nSPS) is 11.4. The molecule has 0 spiro atoms. The topological polar surface area (TPSA) is 47.1 Å². The molecule has 0 aliphatic rings. The Kier molecular flexibility index (Phi) is 5.64. The Morgan fingerprint density at radius 1 is 0.724 bits per heavy atom. The summed E-state index contributed by atoms with van der Waals surface area (Å²) in [6.45, 7) is 4.28. The molecule has 0 saturated heterocycles. The Labute approximate surface area is 172 Å². The fraction of sp³-hybridized carbons (Fsp3) is 0.125. The minimum atomic E-state index is -1.34. The summed E-state index contributed by atoms with van der Waals surface area (Å²) in [7, 11) is -1.34. The van der Waals surface area contributed by atoms with Crippen LogP contribution in [0.3, 0.4) is 0 Å². The Balaban J connectivity index is 1.65. The van der Waals surface area contributed by atoms with Crippen molar-refractivity contribution in [2.45, 2.75) is 19.0 Å². The SMILES string of the molecule is CC(C)(c1ccc(-c2ccccn2)[nH]1)P(Oc1ccccc1)Oc1ccccc1. The molecule has 1 N–H and O–H groups in total. The highest BCUT2D eigenvalue weighted by molar-refractivity contribution is 7.49. The van der Waals surface area contributed by atoms with Crippen LogP contribution in [-0.4, -0.2) is 9.97 Å². The van der Waals surface area contributed by atoms with Crippen LogP contribution in [0.2, 0.25) is 0 Å². The van der Waals surface area contributed by atoms with Gasteiger partial charge in [-0.15, -0.1) is 0 Å². The maximum atomic E-state index is 6.36. The van der Waals surface area contributed by atoms with Crippen molar-refractivity contribution in [1.82, 2.24) is 9.97 Å². The molecule has 0 amide bonds. The first-order valence-corrected chi connectivity index (χ1v) is 10.7. The summed E-state index contributed by atoms with van der Waals surface area (Å²) in [5, 5.41) is -0.395. The van der Waals surface area contributed by atoms with Gasteiger partial charge in [-0.2, -0.15) is 0 Å². The minimum Gasteiger partial charge on any atom is -0.438 e. The lowest BCUT2D eigenvalue weighted by Gasteiger charge is -2.32. The average molecular weight is 402 g/mol. The van der Waals surface area contributed by atoms with Crippen LogP contribution in [0, 0.1) is 0 Å². The highest BCUT2D eigenvalue weighted by Gasteiger charge is 2.39. The molecule has 5 heteroatoms. The third-order valence-corrected chi connectivity index (χ3v) is 6.51. The number of hydrogen-bond donors (Lipinski definition) is 1. The van der Waals surface area contributed by atoms with Gasteiger partial charge in [0.2, 0.25) is 0 Å². The molecule has 0 aliphatic heterocycles. The second kappa shape index (κ2) is 8.50. The summed E-state index contributed by atoms with van der Waals surface area (Å²) >= 11 is 0. The monoisotopic (exact) mass is 402 g/mol. The number of rotatable bonds is 7. The van der Waals surface area contributed by atoms with Gasteiger partial charge in [-0.3, -0.25) is 4.98 Å². The van der Waals surface area contributed by atoms with E-state index >= 15 is 0 Å². The van der Waals surface area contributed by atoms with Crippen molar-refractivity contribution in [2.24, 2.45) is 0 Å². The van der Waals surface area contributed by atoms with E-state index in [-0.39, 0.29) is 0 Å². The Morgan fingerprint density at radius 3 is 1.86 bits per heavy atom. The van der Waals surface area contributed by atoms with Crippen LogP contribution in [0.1, 0.15) is 19.5 Å². The zero-order chi connectivity index (χ0) is 20.1. The van der Waals surface area contributed by atoms with Crippen LogP contribution >= 0.6 is 8.38 Å². The smallest absolute Gasteiger partial charge is 0.302 e. The summed E-state index contributed by atoms with van der Waals surface area (Å²) in [5.41, 5.74) is 2.92. The van der Waals surface area contributed by atoms with Crippen molar-refractivity contribution < 1.29 is 9.05 Å². The van der Waals surface area contributed by atoms with E-state index in [9.17, 15) is 0 Å². The molecular weight excluding hydrogens is 379 g/mol. The van der Waals surface area contributed by atoms with Crippen LogP contribution in [-0.2, 0) is 5.16 Å². The van der Waals surface area contributed by atoms with Gasteiger partial charge in [0.1, 0.15) is 11.5 Å². The summed E-state index contributed by atoms with van der Waals surface area (Å²) in [4.78, 5) is 7.95. The molecule has 0 bridgehead atoms. The number of pyridine rings is 1. The maximum Gasteiger partial charge on any atom is 0.302 e. The molecule has 146 valence electrons. The standard InChI is InChI=1S/C24H23N2O2P/c1-24(2,23-17-16-22(26-23)21-15-9-10-18-25-21)29(27-19-11-5-3-6-12-19)28-20-13-7-4-8-14-20/h3-18,26H,1-2H3. The largest absolute Gasteiger partial charge is 0.438 e. The van der Waals surface area contributed by atoms with E-state index in [0.717, 1.165) is 28.6 Å². The third kappa shape index (κ3) is 4.49. The van der Waals surface area contributed by atoms with Gasteiger partial charge in [-0.05, 0) is 62.4 Å². The van der Waals surface area contributed by atoms with Gasteiger partial charge in [-0.1, -0.05) is 42.5 Å². The van der Waals surface area contributed by atoms with E-state index in [0.29, 0.717) is 0 Å². The van der Waals surface area contributed by atoms with Crippen molar-refractivity contribution in [3.8, 4) is 22.9 Å². The fourth-order valence-corrected chi connectivity index (χ4v) is 4.37. The highest BCUT2D eigenvalue weighted by atomic mass is 31.2. The van der Waals surface area contributed by atoms with Gasteiger partial charge in [0, 0.05) is 11.9 Å². The second-order valence-corrected chi connectivity index (χ2v) is 9.12. The van der Waals surface area contributed by atoms with Gasteiger partial charge >= 0.3 is 8.38 Å². The van der Waals surface area contributed by atoms with Gasteiger partial charge < -0.3 is 14.0 Å². The number of nitrogens with zero attached hydrogens (tertiary/aromatic N) is 1. The van der Waals surface area contributed by atoms with Gasteiger partial charge in [0.15, 0.2) is 0 Å². The number of nitrogens with one attached hydrogen (secondary N) is 1. The number of benzene rings is 2. The van der Waals surface area contributed by atoms with E-state index in [1.807, 2.05) is 78.9 Å². The molecule has 29 heavy (non-hydrogen) atoms. The maximum absolute atomic E-state index is 6.36. The molecular formula is C24H23N2O2P. The van der Waals surface area contributed by atoms with Gasteiger partial charge in [-0.25, -0.2) is 0 Å². The number of hydrogen-bond acceptors (Lipinski definition) is 3. The predicted molar refractivity (Wildman–Crippen MR) is 118 cm³/mol. The molecule has 4 aromatic rings. The molecule has 0 radical (unpaired) electrons. The van der Waals surface area contributed by atoms with E-state index < -0.39 is 13.5 Å². The van der Waals surface area contributed by atoms with Crippen LogP contribution in [0.15, 0.2) is 97.2 Å². The van der Waals surface area contributed by atoms with Crippen LogP contribution in [0.4, 0.5) is 0 Å². The van der Waals surface area contributed by atoms with E-state index in [1.165, 1.54) is 0 Å². The van der Waals surface area contributed by atoms with Crippen LogP contribution in [0.25, 0.3) is 11.4 Å². The molecule has 4 nitrogen and oxygen atoms in total. The summed E-state index contributed by atoms with van der Waals surface area (Å²) in [6, 6.07) is 29.6. The Morgan fingerprint density at radius 2 is 1.31 bits per heavy atom. The number of aromatic nitrogens is 2. The molecule has 4 rings (SSSR count). The summed E-state index contributed by atoms with van der Waals surface area (Å²) < 4.78 is 12.7.